The Kier molecular flexibility index (Phi) is 28.1. The van der Waals surface area contributed by atoms with E-state index in [1.165, 1.54) is 0 Å². The van der Waals surface area contributed by atoms with Gasteiger partial charge >= 0.3 is 0 Å². The van der Waals surface area contributed by atoms with Crippen molar-refractivity contribution in [1.82, 2.24) is 5.32 Å². The van der Waals surface area contributed by atoms with Crippen LogP contribution in [0.25, 0.3) is 0 Å². The van der Waals surface area contributed by atoms with Gasteiger partial charge in [0.15, 0.2) is 0 Å². The second kappa shape index (κ2) is 29.7. The summed E-state index contributed by atoms with van der Waals surface area (Å²) in [5.74, 6) is 6.86. The molecule has 0 aliphatic heterocycles. The number of rotatable bonds is 30. The summed E-state index contributed by atoms with van der Waals surface area (Å²) < 4.78 is 48.7. The zero-order chi connectivity index (χ0) is 29.4. The third-order valence-corrected chi connectivity index (χ3v) is 4.69. The predicted octanol–water partition coefficient (Wildman–Crippen LogP) is -0.761. The van der Waals surface area contributed by atoms with Gasteiger partial charge in [-0.15, -0.1) is 19.3 Å². The van der Waals surface area contributed by atoms with Gasteiger partial charge in [-0.25, -0.2) is 0 Å². The highest BCUT2D eigenvalue weighted by Crippen LogP contribution is 2.10. The van der Waals surface area contributed by atoms with E-state index in [4.69, 9.17) is 67.6 Å². The van der Waals surface area contributed by atoms with Crippen molar-refractivity contribution >= 4 is 5.91 Å². The molecule has 0 heterocycles. The molecule has 12 heteroatoms. The van der Waals surface area contributed by atoms with Crippen LogP contribution in [0.1, 0.15) is 6.42 Å². The maximum absolute atomic E-state index is 12.6. The maximum Gasteiger partial charge on any atom is 0.222 e. The van der Waals surface area contributed by atoms with E-state index in [2.05, 4.69) is 23.1 Å². The molecule has 3 N–H and O–H groups in total. The Morgan fingerprint density at radius 3 is 1.20 bits per heavy atom. The van der Waals surface area contributed by atoms with Crippen molar-refractivity contribution in [3.05, 3.63) is 0 Å². The first-order chi connectivity index (χ1) is 19.6. The van der Waals surface area contributed by atoms with Gasteiger partial charge in [0, 0.05) is 13.0 Å². The summed E-state index contributed by atoms with van der Waals surface area (Å²) in [5, 5.41) is 2.89. The number of carbonyl (C=O) groups excluding carboxylic acids is 1. The van der Waals surface area contributed by atoms with Gasteiger partial charge in [-0.2, -0.15) is 0 Å². The van der Waals surface area contributed by atoms with E-state index in [-0.39, 0.29) is 58.6 Å². The average molecular weight is 571 g/mol. The lowest BCUT2D eigenvalue weighted by atomic mass is 10.0. The molecule has 0 saturated carbocycles. The van der Waals surface area contributed by atoms with E-state index in [0.717, 1.165) is 0 Å². The van der Waals surface area contributed by atoms with Gasteiger partial charge < -0.3 is 53.7 Å². The number of terminal acetylenes is 3. The van der Waals surface area contributed by atoms with Crippen molar-refractivity contribution in [2.45, 2.75) is 12.0 Å². The topological polar surface area (TPSA) is 138 Å². The highest BCUT2D eigenvalue weighted by Gasteiger charge is 2.33. The van der Waals surface area contributed by atoms with Crippen molar-refractivity contribution in [3.63, 3.8) is 0 Å². The highest BCUT2D eigenvalue weighted by molar-refractivity contribution is 5.77. The molecular weight excluding hydrogens is 524 g/mol. The molecule has 0 bridgehead atoms. The largest absolute Gasteiger partial charge is 0.379 e. The van der Waals surface area contributed by atoms with Crippen LogP contribution >= 0.6 is 0 Å². The fourth-order valence-corrected chi connectivity index (χ4v) is 2.96. The standard InChI is InChI=1S/C28H46N2O10/c1-4-9-38-24-28(25-39-10-5-2,26-40-11-6-3)30-27(31)7-12-32-14-16-34-18-20-36-22-23-37-21-19-35-17-15-33-13-8-29/h1-3H,7-26,29H2,(H,30,31). The molecule has 0 atom stereocenters. The molecule has 0 spiro atoms. The molecular formula is C28H46N2O10. The fourth-order valence-electron chi connectivity index (χ4n) is 2.96. The van der Waals surface area contributed by atoms with Crippen LogP contribution in [0.2, 0.25) is 0 Å². The predicted molar refractivity (Wildman–Crippen MR) is 148 cm³/mol. The van der Waals surface area contributed by atoms with Crippen LogP contribution in [0.15, 0.2) is 0 Å². The van der Waals surface area contributed by atoms with Gasteiger partial charge in [-0.1, -0.05) is 17.8 Å². The van der Waals surface area contributed by atoms with E-state index < -0.39 is 5.54 Å². The average Bonchev–Trinajstić information content (AvgIpc) is 2.94. The van der Waals surface area contributed by atoms with Crippen molar-refractivity contribution in [3.8, 4) is 37.0 Å². The monoisotopic (exact) mass is 570 g/mol. The van der Waals surface area contributed by atoms with Gasteiger partial charge in [0.1, 0.15) is 25.4 Å². The molecule has 0 fully saturated rings. The summed E-state index contributed by atoms with van der Waals surface area (Å²) in [6.45, 7) is 6.14. The van der Waals surface area contributed by atoms with E-state index >= 15 is 0 Å². The highest BCUT2D eigenvalue weighted by atomic mass is 16.6. The normalized spacial score (nSPS) is 11.1. The quantitative estimate of drug-likeness (QED) is 0.0833. The summed E-state index contributed by atoms with van der Waals surface area (Å²) in [6.07, 6.45) is 15.9. The number of hydrogen-bond acceptors (Lipinski definition) is 11. The maximum atomic E-state index is 12.6. The van der Waals surface area contributed by atoms with Crippen molar-refractivity contribution in [1.29, 1.82) is 0 Å². The molecule has 0 aromatic rings. The van der Waals surface area contributed by atoms with Crippen LogP contribution in [-0.4, -0.2) is 137 Å². The molecule has 1 amide bonds. The molecule has 0 aromatic heterocycles. The van der Waals surface area contributed by atoms with E-state index in [0.29, 0.717) is 79.2 Å². The first-order valence-electron chi connectivity index (χ1n) is 13.1. The second-order valence-electron chi connectivity index (χ2n) is 8.13. The third kappa shape index (κ3) is 24.8. The second-order valence-corrected chi connectivity index (χ2v) is 8.13. The Labute approximate surface area is 239 Å². The number of nitrogens with one attached hydrogen (secondary N) is 1. The Bertz CT molecular complexity index is 667. The number of carbonyl (C=O) groups is 1. The zero-order valence-electron chi connectivity index (χ0n) is 23.5. The molecule has 0 rings (SSSR count). The van der Waals surface area contributed by atoms with Crippen LogP contribution in [-0.2, 0) is 47.4 Å². The minimum Gasteiger partial charge on any atom is -0.379 e. The van der Waals surface area contributed by atoms with Crippen LogP contribution in [0.5, 0.6) is 0 Å². The Hall–Kier alpha value is -2.25. The van der Waals surface area contributed by atoms with Crippen molar-refractivity contribution in [2.24, 2.45) is 5.73 Å². The summed E-state index contributed by atoms with van der Waals surface area (Å²) in [7, 11) is 0. The minimum absolute atomic E-state index is 0.0567. The van der Waals surface area contributed by atoms with Crippen LogP contribution in [0.3, 0.4) is 0 Å². The van der Waals surface area contributed by atoms with E-state index in [1.807, 2.05) is 0 Å². The zero-order valence-corrected chi connectivity index (χ0v) is 23.5. The molecule has 40 heavy (non-hydrogen) atoms. The van der Waals surface area contributed by atoms with Crippen molar-refractivity contribution < 1.29 is 47.4 Å². The fraction of sp³-hybridized carbons (Fsp3) is 0.750. The molecule has 12 nitrogen and oxygen atoms in total. The van der Waals surface area contributed by atoms with Gasteiger partial charge in [0.2, 0.25) is 5.91 Å². The lowest BCUT2D eigenvalue weighted by Gasteiger charge is -2.33. The molecule has 0 unspecified atom stereocenters. The Morgan fingerprint density at radius 1 is 0.550 bits per heavy atom. The Balaban J connectivity index is 3.92. The molecule has 0 radical (unpaired) electrons. The van der Waals surface area contributed by atoms with Crippen LogP contribution in [0.4, 0.5) is 0 Å². The SMILES string of the molecule is C#CCOCC(COCC#C)(COCC#C)NC(=O)CCOCCOCCOCCOCCOCCOCCN. The molecule has 0 saturated heterocycles. The number of amides is 1. The lowest BCUT2D eigenvalue weighted by Crippen LogP contribution is -2.58. The number of ether oxygens (including phenoxy) is 9. The number of nitrogens with two attached hydrogens (primary N) is 1. The summed E-state index contributed by atoms with van der Waals surface area (Å²) in [6, 6.07) is 0. The van der Waals surface area contributed by atoms with Crippen LogP contribution in [0, 0.1) is 37.0 Å². The lowest BCUT2D eigenvalue weighted by molar-refractivity contribution is -0.128. The number of hydrogen-bond donors (Lipinski definition) is 2. The smallest absolute Gasteiger partial charge is 0.222 e. The summed E-state index contributed by atoms with van der Waals surface area (Å²) in [4.78, 5) is 12.6. The van der Waals surface area contributed by atoms with Gasteiger partial charge in [-0.05, 0) is 0 Å². The van der Waals surface area contributed by atoms with Gasteiger partial charge in [0.25, 0.3) is 0 Å². The summed E-state index contributed by atoms with van der Waals surface area (Å²) in [5.41, 5.74) is 4.31. The Morgan fingerprint density at radius 2 is 0.875 bits per heavy atom. The van der Waals surface area contributed by atoms with E-state index in [9.17, 15) is 4.79 Å². The molecule has 0 aliphatic rings. The molecule has 0 aromatic carbocycles. The van der Waals surface area contributed by atoms with Gasteiger partial charge in [-0.3, -0.25) is 4.79 Å². The van der Waals surface area contributed by atoms with E-state index in [1.54, 1.807) is 0 Å². The van der Waals surface area contributed by atoms with Crippen molar-refractivity contribution in [2.75, 3.05) is 125 Å². The molecule has 228 valence electrons. The minimum atomic E-state index is -1.01. The third-order valence-electron chi connectivity index (χ3n) is 4.69. The molecule has 0 aliphatic carbocycles. The van der Waals surface area contributed by atoms with Crippen LogP contribution < -0.4 is 11.1 Å². The first-order valence-corrected chi connectivity index (χ1v) is 13.1. The summed E-state index contributed by atoms with van der Waals surface area (Å²) >= 11 is 0. The van der Waals surface area contributed by atoms with Gasteiger partial charge in [0.05, 0.1) is 99.1 Å². The first kappa shape index (κ1) is 37.8.